The largest absolute Gasteiger partial charge is 0.457 e. The average molecular weight is 283 g/mol. The second kappa shape index (κ2) is 6.93. The lowest BCUT2D eigenvalue weighted by atomic mass is 10.1. The van der Waals surface area contributed by atoms with Crippen LogP contribution in [0.1, 0.15) is 31.1 Å². The third-order valence-electron chi connectivity index (χ3n) is 3.43. The van der Waals surface area contributed by atoms with Gasteiger partial charge in [-0.15, -0.1) is 0 Å². The Balaban J connectivity index is 2.09. The van der Waals surface area contributed by atoms with Gasteiger partial charge in [0.15, 0.2) is 0 Å². The average Bonchev–Trinajstić information content (AvgIpc) is 2.48. The van der Waals surface area contributed by atoms with E-state index in [4.69, 9.17) is 4.74 Å². The summed E-state index contributed by atoms with van der Waals surface area (Å²) in [5.41, 5.74) is 0.607. The lowest BCUT2D eigenvalue weighted by molar-refractivity contribution is 0.0930. The highest BCUT2D eigenvalue weighted by atomic mass is 16.5. The zero-order valence-corrected chi connectivity index (χ0v) is 12.7. The lowest BCUT2D eigenvalue weighted by Gasteiger charge is -2.17. The van der Waals surface area contributed by atoms with Crippen LogP contribution in [0.15, 0.2) is 54.6 Å². The molecule has 1 atom stereocenters. The topological polar surface area (TPSA) is 38.3 Å². The van der Waals surface area contributed by atoms with Crippen molar-refractivity contribution in [2.24, 2.45) is 5.92 Å². The van der Waals surface area contributed by atoms with E-state index in [9.17, 15) is 4.79 Å². The molecule has 0 aliphatic heterocycles. The molecule has 0 aromatic heterocycles. The second-order valence-corrected chi connectivity index (χ2v) is 5.45. The molecule has 2 aromatic carbocycles. The molecule has 2 aromatic rings. The van der Waals surface area contributed by atoms with Gasteiger partial charge < -0.3 is 10.1 Å². The molecular weight excluding hydrogens is 262 g/mol. The zero-order chi connectivity index (χ0) is 15.2. The summed E-state index contributed by atoms with van der Waals surface area (Å²) in [5, 5.41) is 2.99. The fourth-order valence-electron chi connectivity index (χ4n) is 1.78. The van der Waals surface area contributed by atoms with Crippen molar-refractivity contribution in [3.05, 3.63) is 60.2 Å². The van der Waals surface area contributed by atoms with Crippen LogP contribution in [0.4, 0.5) is 0 Å². The number of hydrogen-bond acceptors (Lipinski definition) is 2. The summed E-state index contributed by atoms with van der Waals surface area (Å²) < 4.78 is 5.74. The number of benzene rings is 2. The van der Waals surface area contributed by atoms with E-state index in [1.165, 1.54) is 0 Å². The molecule has 0 fully saturated rings. The smallest absolute Gasteiger partial charge is 0.251 e. The summed E-state index contributed by atoms with van der Waals surface area (Å²) in [7, 11) is 0. The van der Waals surface area contributed by atoms with Crippen LogP contribution in [0.5, 0.6) is 11.5 Å². The molecule has 1 unspecified atom stereocenters. The van der Waals surface area contributed by atoms with Gasteiger partial charge in [-0.05, 0) is 43.2 Å². The number of amides is 1. The number of hydrogen-bond donors (Lipinski definition) is 1. The van der Waals surface area contributed by atoms with E-state index in [-0.39, 0.29) is 11.9 Å². The number of carbonyl (C=O) groups excluding carboxylic acids is 1. The molecule has 0 saturated carbocycles. The van der Waals surface area contributed by atoms with E-state index in [1.54, 1.807) is 12.1 Å². The van der Waals surface area contributed by atoms with E-state index < -0.39 is 0 Å². The molecule has 0 aliphatic rings. The van der Waals surface area contributed by atoms with Crippen molar-refractivity contribution >= 4 is 5.91 Å². The normalized spacial score (nSPS) is 12.0. The first kappa shape index (κ1) is 15.1. The quantitative estimate of drug-likeness (QED) is 0.890. The maximum Gasteiger partial charge on any atom is 0.251 e. The minimum Gasteiger partial charge on any atom is -0.457 e. The van der Waals surface area contributed by atoms with Crippen molar-refractivity contribution in [2.75, 3.05) is 0 Å². The first-order valence-corrected chi connectivity index (χ1v) is 7.20. The Morgan fingerprint density at radius 1 is 0.952 bits per heavy atom. The predicted molar refractivity (Wildman–Crippen MR) is 84.7 cm³/mol. The van der Waals surface area contributed by atoms with Crippen LogP contribution in [-0.4, -0.2) is 11.9 Å². The number of carbonyl (C=O) groups is 1. The number of ether oxygens (including phenoxy) is 1. The van der Waals surface area contributed by atoms with Gasteiger partial charge in [0, 0.05) is 11.6 Å². The molecule has 110 valence electrons. The molecule has 2 rings (SSSR count). The first-order valence-electron chi connectivity index (χ1n) is 7.20. The van der Waals surface area contributed by atoms with Gasteiger partial charge in [0.2, 0.25) is 0 Å². The van der Waals surface area contributed by atoms with Crippen LogP contribution in [0, 0.1) is 5.92 Å². The Bertz CT molecular complexity index is 593. The van der Waals surface area contributed by atoms with Crippen molar-refractivity contribution in [3.63, 3.8) is 0 Å². The number of nitrogens with one attached hydrogen (secondary N) is 1. The maximum absolute atomic E-state index is 12.2. The van der Waals surface area contributed by atoms with Gasteiger partial charge in [0.05, 0.1) is 0 Å². The lowest BCUT2D eigenvalue weighted by Crippen LogP contribution is -2.36. The highest BCUT2D eigenvalue weighted by molar-refractivity contribution is 5.94. The van der Waals surface area contributed by atoms with Crippen LogP contribution in [0.2, 0.25) is 0 Å². The highest BCUT2D eigenvalue weighted by Crippen LogP contribution is 2.21. The van der Waals surface area contributed by atoms with E-state index >= 15 is 0 Å². The molecule has 1 amide bonds. The molecule has 3 nitrogen and oxygen atoms in total. The van der Waals surface area contributed by atoms with Gasteiger partial charge in [-0.1, -0.05) is 38.1 Å². The van der Waals surface area contributed by atoms with Crippen LogP contribution >= 0.6 is 0 Å². The Hall–Kier alpha value is -2.29. The molecule has 21 heavy (non-hydrogen) atoms. The summed E-state index contributed by atoms with van der Waals surface area (Å²) in [6.45, 7) is 6.17. The van der Waals surface area contributed by atoms with E-state index in [1.807, 2.05) is 49.4 Å². The molecule has 0 saturated heterocycles. The summed E-state index contributed by atoms with van der Waals surface area (Å²) in [6.07, 6.45) is 0. The molecule has 0 bridgehead atoms. The summed E-state index contributed by atoms with van der Waals surface area (Å²) in [5.74, 6) is 1.74. The molecule has 0 heterocycles. The molecular formula is C18H21NO2. The third-order valence-corrected chi connectivity index (χ3v) is 3.43. The zero-order valence-electron chi connectivity index (χ0n) is 12.7. The van der Waals surface area contributed by atoms with Gasteiger partial charge in [0.25, 0.3) is 5.91 Å². The predicted octanol–water partition coefficient (Wildman–Crippen LogP) is 4.25. The molecule has 1 N–H and O–H groups in total. The van der Waals surface area contributed by atoms with Crippen molar-refractivity contribution in [2.45, 2.75) is 26.8 Å². The molecule has 0 radical (unpaired) electrons. The Kier molecular flexibility index (Phi) is 4.99. The summed E-state index contributed by atoms with van der Waals surface area (Å²) >= 11 is 0. The minimum absolute atomic E-state index is 0.0743. The molecule has 0 spiro atoms. The monoisotopic (exact) mass is 283 g/mol. The van der Waals surface area contributed by atoms with Gasteiger partial charge >= 0.3 is 0 Å². The number of para-hydroxylation sites is 1. The van der Waals surface area contributed by atoms with Crippen molar-refractivity contribution < 1.29 is 9.53 Å². The van der Waals surface area contributed by atoms with Crippen molar-refractivity contribution in [1.82, 2.24) is 5.32 Å². The van der Waals surface area contributed by atoms with Crippen LogP contribution in [0.3, 0.4) is 0 Å². The van der Waals surface area contributed by atoms with Crippen LogP contribution in [-0.2, 0) is 0 Å². The fourth-order valence-corrected chi connectivity index (χ4v) is 1.78. The maximum atomic E-state index is 12.2. The van der Waals surface area contributed by atoms with E-state index in [2.05, 4.69) is 19.2 Å². The number of rotatable bonds is 5. The molecule has 0 aliphatic carbocycles. The standard InChI is InChI=1S/C18H21NO2/c1-13(2)14(3)19-18(20)15-8-7-11-17(12-15)21-16-9-5-4-6-10-16/h4-14H,1-3H3,(H,19,20). The Morgan fingerprint density at radius 2 is 1.62 bits per heavy atom. The van der Waals surface area contributed by atoms with Crippen molar-refractivity contribution in [3.8, 4) is 11.5 Å². The third kappa shape index (κ3) is 4.35. The van der Waals surface area contributed by atoms with Gasteiger partial charge in [0.1, 0.15) is 11.5 Å². The first-order chi connectivity index (χ1) is 10.1. The van der Waals surface area contributed by atoms with E-state index in [0.29, 0.717) is 17.2 Å². The minimum atomic E-state index is -0.0743. The highest BCUT2D eigenvalue weighted by Gasteiger charge is 2.13. The Labute approximate surface area is 126 Å². The summed E-state index contributed by atoms with van der Waals surface area (Å²) in [4.78, 5) is 12.2. The van der Waals surface area contributed by atoms with Crippen LogP contribution < -0.4 is 10.1 Å². The summed E-state index contributed by atoms with van der Waals surface area (Å²) in [6, 6.07) is 16.9. The van der Waals surface area contributed by atoms with Crippen molar-refractivity contribution in [1.29, 1.82) is 0 Å². The van der Waals surface area contributed by atoms with E-state index in [0.717, 1.165) is 5.75 Å². The van der Waals surface area contributed by atoms with Gasteiger partial charge in [-0.3, -0.25) is 4.79 Å². The van der Waals surface area contributed by atoms with Gasteiger partial charge in [-0.25, -0.2) is 0 Å². The van der Waals surface area contributed by atoms with Crippen LogP contribution in [0.25, 0.3) is 0 Å². The molecule has 3 heteroatoms. The van der Waals surface area contributed by atoms with Gasteiger partial charge in [-0.2, -0.15) is 0 Å². The fraction of sp³-hybridized carbons (Fsp3) is 0.278. The Morgan fingerprint density at radius 3 is 2.29 bits per heavy atom. The second-order valence-electron chi connectivity index (χ2n) is 5.45. The SMILES string of the molecule is CC(C)C(C)NC(=O)c1cccc(Oc2ccccc2)c1.